The first kappa shape index (κ1) is 15.4. The van der Waals surface area contributed by atoms with Crippen LogP contribution < -0.4 is 10.1 Å². The van der Waals surface area contributed by atoms with Gasteiger partial charge in [0.05, 0.1) is 7.11 Å². The first-order valence-electron chi connectivity index (χ1n) is 7.55. The van der Waals surface area contributed by atoms with Crippen molar-refractivity contribution >= 4 is 12.1 Å². The summed E-state index contributed by atoms with van der Waals surface area (Å²) in [5.41, 5.74) is 0.945. The Labute approximate surface area is 126 Å². The summed E-state index contributed by atoms with van der Waals surface area (Å²) in [5.74, 6) is 0.795. The molecule has 21 heavy (non-hydrogen) atoms. The number of carbonyl (C=O) groups excluding carboxylic acids is 1. The summed E-state index contributed by atoms with van der Waals surface area (Å²) in [7, 11) is 3.52. The van der Waals surface area contributed by atoms with Crippen LogP contribution in [-0.4, -0.2) is 31.1 Å². The topological polar surface area (TPSA) is 41.6 Å². The van der Waals surface area contributed by atoms with Gasteiger partial charge in [-0.2, -0.15) is 0 Å². The van der Waals surface area contributed by atoms with Crippen molar-refractivity contribution in [3.05, 3.63) is 36.0 Å². The van der Waals surface area contributed by atoms with Gasteiger partial charge in [0.1, 0.15) is 5.75 Å². The first-order chi connectivity index (χ1) is 10.2. The molecular weight excluding hydrogens is 264 g/mol. The first-order valence-corrected chi connectivity index (χ1v) is 7.55. The van der Waals surface area contributed by atoms with E-state index in [0.29, 0.717) is 6.04 Å². The molecule has 1 aromatic carbocycles. The number of carbonyl (C=O) groups is 1. The number of ether oxygens (including phenoxy) is 1. The number of nitrogens with zero attached hydrogens (tertiary/aromatic N) is 1. The fraction of sp³-hybridized carbons (Fsp3) is 0.471. The highest BCUT2D eigenvalue weighted by molar-refractivity contribution is 5.76. The molecule has 1 fully saturated rings. The Kier molecular flexibility index (Phi) is 5.67. The number of urea groups is 1. The maximum Gasteiger partial charge on any atom is 0.321 e. The SMILES string of the molecule is COc1ccccc1/C=C/NC(=O)N(C)C1CCCCC1. The molecule has 0 aromatic heterocycles. The maximum atomic E-state index is 12.1. The molecule has 1 aromatic rings. The third-order valence-corrected chi connectivity index (χ3v) is 4.05. The zero-order chi connectivity index (χ0) is 15.1. The zero-order valence-corrected chi connectivity index (χ0v) is 12.8. The van der Waals surface area contributed by atoms with Crippen molar-refractivity contribution < 1.29 is 9.53 Å². The minimum atomic E-state index is -0.0481. The van der Waals surface area contributed by atoms with Crippen molar-refractivity contribution in [1.82, 2.24) is 10.2 Å². The number of hydrogen-bond donors (Lipinski definition) is 1. The molecular formula is C17H24N2O2. The van der Waals surface area contributed by atoms with Crippen LogP contribution in [0.5, 0.6) is 5.75 Å². The molecule has 4 heteroatoms. The molecule has 1 N–H and O–H groups in total. The van der Waals surface area contributed by atoms with Crippen molar-refractivity contribution in [1.29, 1.82) is 0 Å². The number of benzene rings is 1. The van der Waals surface area contributed by atoms with Gasteiger partial charge in [0.15, 0.2) is 0 Å². The largest absolute Gasteiger partial charge is 0.496 e. The molecule has 0 saturated heterocycles. The van der Waals surface area contributed by atoms with Gasteiger partial charge in [-0.15, -0.1) is 0 Å². The van der Waals surface area contributed by atoms with Crippen LogP contribution in [0.1, 0.15) is 37.7 Å². The Morgan fingerprint density at radius 2 is 2.00 bits per heavy atom. The van der Waals surface area contributed by atoms with E-state index >= 15 is 0 Å². The van der Waals surface area contributed by atoms with Crippen LogP contribution in [0.25, 0.3) is 6.08 Å². The average Bonchev–Trinajstić information content (AvgIpc) is 2.55. The predicted octanol–water partition coefficient (Wildman–Crippen LogP) is 3.64. The van der Waals surface area contributed by atoms with Crippen LogP contribution in [0, 0.1) is 0 Å². The standard InChI is InChI=1S/C17H24N2O2/c1-19(15-9-4-3-5-10-15)17(20)18-13-12-14-8-6-7-11-16(14)21-2/h6-8,11-13,15H,3-5,9-10H2,1-2H3,(H,18,20)/b13-12+. The zero-order valence-electron chi connectivity index (χ0n) is 12.8. The van der Waals surface area contributed by atoms with E-state index in [4.69, 9.17) is 4.74 Å². The monoisotopic (exact) mass is 288 g/mol. The van der Waals surface area contributed by atoms with Crippen LogP contribution in [0.15, 0.2) is 30.5 Å². The van der Waals surface area contributed by atoms with Crippen molar-refractivity contribution in [3.8, 4) is 5.75 Å². The van der Waals surface area contributed by atoms with E-state index in [9.17, 15) is 4.79 Å². The molecule has 0 heterocycles. The average molecular weight is 288 g/mol. The smallest absolute Gasteiger partial charge is 0.321 e. The summed E-state index contributed by atoms with van der Waals surface area (Å²) in [5, 5.41) is 2.83. The molecule has 0 aliphatic heterocycles. The number of para-hydroxylation sites is 1. The van der Waals surface area contributed by atoms with Gasteiger partial charge in [0.25, 0.3) is 0 Å². The van der Waals surface area contributed by atoms with Gasteiger partial charge in [-0.3, -0.25) is 0 Å². The Hall–Kier alpha value is -1.97. The van der Waals surface area contributed by atoms with Crippen molar-refractivity contribution in [3.63, 3.8) is 0 Å². The van der Waals surface area contributed by atoms with Gasteiger partial charge >= 0.3 is 6.03 Å². The highest BCUT2D eigenvalue weighted by Gasteiger charge is 2.21. The Balaban J connectivity index is 1.89. The van der Waals surface area contributed by atoms with Gasteiger partial charge < -0.3 is 15.0 Å². The second-order valence-corrected chi connectivity index (χ2v) is 5.43. The second kappa shape index (κ2) is 7.72. The van der Waals surface area contributed by atoms with E-state index in [-0.39, 0.29) is 6.03 Å². The number of nitrogens with one attached hydrogen (secondary N) is 1. The van der Waals surface area contributed by atoms with Crippen molar-refractivity contribution in [2.45, 2.75) is 38.1 Å². The normalized spacial score (nSPS) is 15.9. The van der Waals surface area contributed by atoms with Gasteiger partial charge in [-0.05, 0) is 25.0 Å². The van der Waals surface area contributed by atoms with Gasteiger partial charge in [-0.25, -0.2) is 4.79 Å². The molecule has 0 bridgehead atoms. The summed E-state index contributed by atoms with van der Waals surface area (Å²) in [4.78, 5) is 13.9. The quantitative estimate of drug-likeness (QED) is 0.919. The summed E-state index contributed by atoms with van der Waals surface area (Å²) in [6.45, 7) is 0. The highest BCUT2D eigenvalue weighted by Crippen LogP contribution is 2.21. The predicted molar refractivity (Wildman–Crippen MR) is 85.2 cm³/mol. The fourth-order valence-electron chi connectivity index (χ4n) is 2.74. The lowest BCUT2D eigenvalue weighted by atomic mass is 9.95. The molecule has 1 aliphatic carbocycles. The molecule has 0 radical (unpaired) electrons. The van der Waals surface area contributed by atoms with E-state index in [0.717, 1.165) is 24.2 Å². The van der Waals surface area contributed by atoms with E-state index in [1.54, 1.807) is 13.3 Å². The minimum Gasteiger partial charge on any atom is -0.496 e. The molecule has 4 nitrogen and oxygen atoms in total. The Morgan fingerprint density at radius 1 is 1.29 bits per heavy atom. The fourth-order valence-corrected chi connectivity index (χ4v) is 2.74. The van der Waals surface area contributed by atoms with Crippen LogP contribution in [0.2, 0.25) is 0 Å². The number of amides is 2. The number of rotatable bonds is 4. The lowest BCUT2D eigenvalue weighted by molar-refractivity contribution is 0.177. The molecule has 0 unspecified atom stereocenters. The molecule has 0 spiro atoms. The van der Waals surface area contributed by atoms with E-state index < -0.39 is 0 Å². The van der Waals surface area contributed by atoms with Crippen LogP contribution in [0.3, 0.4) is 0 Å². The van der Waals surface area contributed by atoms with Gasteiger partial charge in [-0.1, -0.05) is 37.5 Å². The number of methoxy groups -OCH3 is 1. The number of hydrogen-bond acceptors (Lipinski definition) is 2. The molecule has 1 saturated carbocycles. The van der Waals surface area contributed by atoms with Crippen LogP contribution in [0.4, 0.5) is 4.79 Å². The van der Waals surface area contributed by atoms with Crippen LogP contribution in [-0.2, 0) is 0 Å². The second-order valence-electron chi connectivity index (χ2n) is 5.43. The van der Waals surface area contributed by atoms with Gasteiger partial charge in [0.2, 0.25) is 0 Å². The summed E-state index contributed by atoms with van der Waals surface area (Å²) in [6.07, 6.45) is 9.49. The van der Waals surface area contributed by atoms with Gasteiger partial charge in [0, 0.05) is 24.9 Å². The molecule has 114 valence electrons. The van der Waals surface area contributed by atoms with Crippen molar-refractivity contribution in [2.24, 2.45) is 0 Å². The van der Waals surface area contributed by atoms with E-state index in [1.165, 1.54) is 19.3 Å². The molecule has 2 amide bonds. The lowest BCUT2D eigenvalue weighted by Crippen LogP contribution is -2.42. The van der Waals surface area contributed by atoms with E-state index in [1.807, 2.05) is 42.3 Å². The molecule has 1 aliphatic rings. The third kappa shape index (κ3) is 4.25. The highest BCUT2D eigenvalue weighted by atomic mass is 16.5. The summed E-state index contributed by atoms with van der Waals surface area (Å²) < 4.78 is 5.27. The minimum absolute atomic E-state index is 0.0481. The third-order valence-electron chi connectivity index (χ3n) is 4.05. The summed E-state index contributed by atoms with van der Waals surface area (Å²) >= 11 is 0. The van der Waals surface area contributed by atoms with E-state index in [2.05, 4.69) is 5.32 Å². The maximum absolute atomic E-state index is 12.1. The molecule has 2 rings (SSSR count). The molecule has 0 atom stereocenters. The Bertz CT molecular complexity index is 493. The lowest BCUT2D eigenvalue weighted by Gasteiger charge is -2.30. The van der Waals surface area contributed by atoms with Crippen molar-refractivity contribution in [2.75, 3.05) is 14.2 Å². The van der Waals surface area contributed by atoms with Crippen LogP contribution >= 0.6 is 0 Å². The summed E-state index contributed by atoms with van der Waals surface area (Å²) in [6, 6.07) is 8.04. The Morgan fingerprint density at radius 3 is 2.71 bits per heavy atom.